The maximum absolute atomic E-state index is 11.7. The Balaban J connectivity index is 1.88. The van der Waals surface area contributed by atoms with Crippen molar-refractivity contribution < 1.29 is 4.79 Å². The van der Waals surface area contributed by atoms with Crippen LogP contribution in [0.3, 0.4) is 0 Å². The highest BCUT2D eigenvalue weighted by Crippen LogP contribution is 2.37. The van der Waals surface area contributed by atoms with Gasteiger partial charge in [0, 0.05) is 19.0 Å². The lowest BCUT2D eigenvalue weighted by molar-refractivity contribution is -0.134. The lowest BCUT2D eigenvalue weighted by atomic mass is 10.1. The van der Waals surface area contributed by atoms with Crippen molar-refractivity contribution in [3.8, 4) is 0 Å². The molecule has 1 saturated carbocycles. The standard InChI is InChI=1S/C9H16N2O/c1-7(8-2-3-8)9(12)11-5-4-10-6-11/h7-8,10H,2-6H2,1H3. The van der Waals surface area contributed by atoms with E-state index in [2.05, 4.69) is 12.2 Å². The molecule has 68 valence electrons. The Morgan fingerprint density at radius 3 is 2.83 bits per heavy atom. The summed E-state index contributed by atoms with van der Waals surface area (Å²) in [6.07, 6.45) is 2.52. The molecule has 0 radical (unpaired) electrons. The molecule has 3 nitrogen and oxygen atoms in total. The molecule has 0 aromatic carbocycles. The number of nitrogens with one attached hydrogen (secondary N) is 1. The van der Waals surface area contributed by atoms with Gasteiger partial charge in [0.05, 0.1) is 6.67 Å². The molecule has 0 bridgehead atoms. The summed E-state index contributed by atoms with van der Waals surface area (Å²) >= 11 is 0. The number of hydrogen-bond donors (Lipinski definition) is 1. The van der Waals surface area contributed by atoms with Crippen LogP contribution in [0.4, 0.5) is 0 Å². The Morgan fingerprint density at radius 2 is 2.33 bits per heavy atom. The van der Waals surface area contributed by atoms with Gasteiger partial charge in [-0.2, -0.15) is 0 Å². The Hall–Kier alpha value is -0.570. The highest BCUT2D eigenvalue weighted by Gasteiger charge is 2.35. The van der Waals surface area contributed by atoms with Crippen LogP contribution in [0.2, 0.25) is 0 Å². The first-order chi connectivity index (χ1) is 5.79. The summed E-state index contributed by atoms with van der Waals surface area (Å²) in [5.74, 6) is 1.31. The van der Waals surface area contributed by atoms with Gasteiger partial charge in [-0.3, -0.25) is 10.1 Å². The zero-order valence-electron chi connectivity index (χ0n) is 7.55. The normalized spacial score (nSPS) is 25.9. The van der Waals surface area contributed by atoms with Crippen LogP contribution in [0.5, 0.6) is 0 Å². The minimum absolute atomic E-state index is 0.268. The van der Waals surface area contributed by atoms with E-state index in [4.69, 9.17) is 0 Å². The highest BCUT2D eigenvalue weighted by atomic mass is 16.2. The van der Waals surface area contributed by atoms with Crippen molar-refractivity contribution in [2.24, 2.45) is 11.8 Å². The second-order valence-electron chi connectivity index (χ2n) is 3.89. The molecule has 1 amide bonds. The molecular formula is C9H16N2O. The van der Waals surface area contributed by atoms with Crippen LogP contribution in [0.1, 0.15) is 19.8 Å². The lowest BCUT2D eigenvalue weighted by Gasteiger charge is -2.18. The molecule has 12 heavy (non-hydrogen) atoms. The van der Waals surface area contributed by atoms with Crippen molar-refractivity contribution in [3.63, 3.8) is 0 Å². The predicted molar refractivity (Wildman–Crippen MR) is 46.5 cm³/mol. The van der Waals surface area contributed by atoms with Gasteiger partial charge >= 0.3 is 0 Å². The molecule has 3 heteroatoms. The molecule has 2 rings (SSSR count). The highest BCUT2D eigenvalue weighted by molar-refractivity contribution is 5.79. The Kier molecular flexibility index (Phi) is 2.05. The van der Waals surface area contributed by atoms with Crippen LogP contribution in [0, 0.1) is 11.8 Å². The van der Waals surface area contributed by atoms with Crippen molar-refractivity contribution in [3.05, 3.63) is 0 Å². The van der Waals surface area contributed by atoms with Crippen LogP contribution >= 0.6 is 0 Å². The van der Waals surface area contributed by atoms with Crippen LogP contribution in [-0.2, 0) is 4.79 Å². The summed E-state index contributed by atoms with van der Waals surface area (Å²) in [7, 11) is 0. The summed E-state index contributed by atoms with van der Waals surface area (Å²) in [6, 6.07) is 0. The summed E-state index contributed by atoms with van der Waals surface area (Å²) in [5.41, 5.74) is 0. The van der Waals surface area contributed by atoms with E-state index in [1.54, 1.807) is 0 Å². The van der Waals surface area contributed by atoms with Gasteiger partial charge in [0.1, 0.15) is 0 Å². The molecule has 1 aliphatic heterocycles. The van der Waals surface area contributed by atoms with Gasteiger partial charge in [-0.1, -0.05) is 6.92 Å². The maximum Gasteiger partial charge on any atom is 0.226 e. The van der Waals surface area contributed by atoms with Crippen molar-refractivity contribution in [1.82, 2.24) is 10.2 Å². The lowest BCUT2D eigenvalue weighted by Crippen LogP contribution is -2.34. The quantitative estimate of drug-likeness (QED) is 0.648. The predicted octanol–water partition coefficient (Wildman–Crippen LogP) is 0.422. The second kappa shape index (κ2) is 3.05. The average molecular weight is 168 g/mol. The fraction of sp³-hybridized carbons (Fsp3) is 0.889. The first kappa shape index (κ1) is 8.05. The van der Waals surface area contributed by atoms with E-state index in [1.165, 1.54) is 12.8 Å². The molecule has 2 fully saturated rings. The van der Waals surface area contributed by atoms with Gasteiger partial charge in [-0.15, -0.1) is 0 Å². The SMILES string of the molecule is CC(C(=O)N1CCNC1)C1CC1. The van der Waals surface area contributed by atoms with E-state index in [0.717, 1.165) is 19.8 Å². The van der Waals surface area contributed by atoms with Gasteiger partial charge in [0.2, 0.25) is 5.91 Å². The van der Waals surface area contributed by atoms with E-state index in [-0.39, 0.29) is 5.92 Å². The Labute approximate surface area is 73.1 Å². The van der Waals surface area contributed by atoms with E-state index >= 15 is 0 Å². The fourth-order valence-electron chi connectivity index (χ4n) is 1.78. The number of hydrogen-bond acceptors (Lipinski definition) is 2. The molecule has 0 spiro atoms. The molecule has 1 unspecified atom stereocenters. The topological polar surface area (TPSA) is 32.3 Å². The molecule has 1 saturated heterocycles. The molecule has 2 aliphatic rings. The van der Waals surface area contributed by atoms with Crippen LogP contribution in [0.25, 0.3) is 0 Å². The van der Waals surface area contributed by atoms with Gasteiger partial charge in [-0.05, 0) is 18.8 Å². The van der Waals surface area contributed by atoms with Gasteiger partial charge in [0.25, 0.3) is 0 Å². The summed E-state index contributed by atoms with van der Waals surface area (Å²) in [4.78, 5) is 13.6. The van der Waals surface area contributed by atoms with Crippen LogP contribution < -0.4 is 5.32 Å². The average Bonchev–Trinajstić information content (AvgIpc) is 2.79. The Morgan fingerprint density at radius 1 is 1.58 bits per heavy atom. The van der Waals surface area contributed by atoms with E-state index < -0.39 is 0 Å². The molecule has 0 aromatic heterocycles. The molecular weight excluding hydrogens is 152 g/mol. The summed E-state index contributed by atoms with van der Waals surface area (Å²) in [6.45, 7) is 4.69. The molecule has 1 heterocycles. The maximum atomic E-state index is 11.7. The zero-order valence-corrected chi connectivity index (χ0v) is 7.55. The second-order valence-corrected chi connectivity index (χ2v) is 3.89. The van der Waals surface area contributed by atoms with Gasteiger partial charge < -0.3 is 4.90 Å². The molecule has 1 atom stereocenters. The largest absolute Gasteiger partial charge is 0.328 e. The number of rotatable bonds is 2. The molecule has 1 N–H and O–H groups in total. The van der Waals surface area contributed by atoms with Crippen molar-refractivity contribution in [1.29, 1.82) is 0 Å². The third-order valence-electron chi connectivity index (χ3n) is 2.89. The first-order valence-electron chi connectivity index (χ1n) is 4.78. The van der Waals surface area contributed by atoms with Gasteiger partial charge in [-0.25, -0.2) is 0 Å². The number of carbonyl (C=O) groups is 1. The van der Waals surface area contributed by atoms with E-state index in [9.17, 15) is 4.79 Å². The minimum Gasteiger partial charge on any atom is -0.328 e. The first-order valence-corrected chi connectivity index (χ1v) is 4.78. The third-order valence-corrected chi connectivity index (χ3v) is 2.89. The molecule has 1 aliphatic carbocycles. The summed E-state index contributed by atoms with van der Waals surface area (Å²) < 4.78 is 0. The monoisotopic (exact) mass is 168 g/mol. The van der Waals surface area contributed by atoms with Crippen LogP contribution in [-0.4, -0.2) is 30.6 Å². The number of carbonyl (C=O) groups excluding carboxylic acids is 1. The van der Waals surface area contributed by atoms with E-state index in [1.807, 2.05) is 4.90 Å². The minimum atomic E-state index is 0.268. The Bertz CT molecular complexity index is 179. The zero-order chi connectivity index (χ0) is 8.55. The smallest absolute Gasteiger partial charge is 0.226 e. The van der Waals surface area contributed by atoms with Crippen molar-refractivity contribution in [2.45, 2.75) is 19.8 Å². The van der Waals surface area contributed by atoms with Crippen molar-refractivity contribution >= 4 is 5.91 Å². The van der Waals surface area contributed by atoms with Gasteiger partial charge in [0.15, 0.2) is 0 Å². The third kappa shape index (κ3) is 1.46. The molecule has 0 aromatic rings. The van der Waals surface area contributed by atoms with E-state index in [0.29, 0.717) is 11.8 Å². The fourth-order valence-corrected chi connectivity index (χ4v) is 1.78. The summed E-state index contributed by atoms with van der Waals surface area (Å²) in [5, 5.41) is 3.17. The van der Waals surface area contributed by atoms with Crippen molar-refractivity contribution in [2.75, 3.05) is 19.8 Å². The van der Waals surface area contributed by atoms with Crippen LogP contribution in [0.15, 0.2) is 0 Å². The number of amides is 1. The number of nitrogens with zero attached hydrogens (tertiary/aromatic N) is 1.